The minimum absolute atomic E-state index is 0.0593. The van der Waals surface area contributed by atoms with E-state index in [0.717, 1.165) is 88.6 Å². The van der Waals surface area contributed by atoms with Crippen LogP contribution in [0.5, 0.6) is 23.0 Å². The second kappa shape index (κ2) is 14.6. The molecule has 5 aromatic carbocycles. The van der Waals surface area contributed by atoms with Crippen molar-refractivity contribution < 1.29 is 20.4 Å². The molecule has 300 valence electrons. The van der Waals surface area contributed by atoms with Crippen LogP contribution in [-0.2, 0) is 10.8 Å². The zero-order valence-electron chi connectivity index (χ0n) is 35.9. The lowest BCUT2D eigenvalue weighted by atomic mass is 9.55. The first-order valence-electron chi connectivity index (χ1n) is 21.1. The van der Waals surface area contributed by atoms with Crippen LogP contribution in [0.4, 0.5) is 0 Å². The second-order valence-corrected chi connectivity index (χ2v) is 20.2. The van der Waals surface area contributed by atoms with Gasteiger partial charge in [-0.25, -0.2) is 0 Å². The van der Waals surface area contributed by atoms with Crippen molar-refractivity contribution in [2.24, 2.45) is 22.7 Å². The highest BCUT2D eigenvalue weighted by atomic mass is 16.3. The molecule has 2 aliphatic rings. The summed E-state index contributed by atoms with van der Waals surface area (Å²) < 4.78 is 0. The first kappa shape index (κ1) is 40.5. The van der Waals surface area contributed by atoms with Crippen LogP contribution in [0.2, 0.25) is 0 Å². The lowest BCUT2D eigenvalue weighted by Crippen LogP contribution is -2.41. The maximum Gasteiger partial charge on any atom is 0.122 e. The van der Waals surface area contributed by atoms with E-state index in [1.54, 1.807) is 0 Å². The Morgan fingerprint density at radius 1 is 0.474 bits per heavy atom. The van der Waals surface area contributed by atoms with E-state index in [9.17, 15) is 20.4 Å². The number of benzene rings is 5. The second-order valence-electron chi connectivity index (χ2n) is 20.2. The molecule has 5 aromatic rings. The summed E-state index contributed by atoms with van der Waals surface area (Å²) in [5.41, 5.74) is 9.96. The summed E-state index contributed by atoms with van der Waals surface area (Å²) in [5.74, 6) is 1.52. The molecule has 0 aromatic heterocycles. The number of hydrogen-bond donors (Lipinski definition) is 4. The minimum Gasteiger partial charge on any atom is -0.508 e. The SMILES string of the molecule is Cc1cc(C2(c3cc(C)c(O)c(C(c4ccccc4)c4cc(C5(c6ccc(O)c(C)c6)CC(C)CC(C)(C)C5)cc(C)c4O)c3)CC(C)CC(C)(C)C2)ccc1O. The van der Waals surface area contributed by atoms with Crippen molar-refractivity contribution in [3.8, 4) is 23.0 Å². The standard InChI is InChI=1S/C53H64O4/c1-32-26-50(7,8)30-52(28-32,39-16-18-45(54)34(3)20-39)41-22-36(5)48(56)43(24-41)47(38-14-12-11-13-15-38)44-25-42(23-37(6)49(44)57)53(29-33(2)27-51(9,10)31-53)40-17-19-46(55)35(4)21-40/h11-25,32-33,47,54-57H,26-31H2,1-10H3. The monoisotopic (exact) mass is 764 g/mol. The molecule has 4 heteroatoms. The van der Waals surface area contributed by atoms with Gasteiger partial charge in [-0.15, -0.1) is 0 Å². The zero-order valence-corrected chi connectivity index (χ0v) is 35.9. The molecule has 2 fully saturated rings. The van der Waals surface area contributed by atoms with Crippen molar-refractivity contribution in [2.75, 3.05) is 0 Å². The van der Waals surface area contributed by atoms with Gasteiger partial charge in [-0.3, -0.25) is 0 Å². The summed E-state index contributed by atoms with van der Waals surface area (Å²) in [4.78, 5) is 0. The summed E-state index contributed by atoms with van der Waals surface area (Å²) in [5, 5.41) is 46.0. The van der Waals surface area contributed by atoms with Gasteiger partial charge in [0.2, 0.25) is 0 Å². The molecule has 57 heavy (non-hydrogen) atoms. The molecule has 4 atom stereocenters. The summed E-state index contributed by atoms with van der Waals surface area (Å²) in [7, 11) is 0. The third-order valence-electron chi connectivity index (χ3n) is 13.8. The summed E-state index contributed by atoms with van der Waals surface area (Å²) in [6.45, 7) is 22.2. The first-order valence-corrected chi connectivity index (χ1v) is 21.1. The van der Waals surface area contributed by atoms with Crippen LogP contribution in [0.3, 0.4) is 0 Å². The molecule has 7 rings (SSSR count). The van der Waals surface area contributed by atoms with Crippen LogP contribution >= 0.6 is 0 Å². The molecular weight excluding hydrogens is 701 g/mol. The summed E-state index contributed by atoms with van der Waals surface area (Å²) in [6.07, 6.45) is 6.00. The Kier molecular flexibility index (Phi) is 10.4. The molecule has 0 radical (unpaired) electrons. The molecule has 0 saturated heterocycles. The predicted molar refractivity (Wildman–Crippen MR) is 234 cm³/mol. The maximum absolute atomic E-state index is 12.3. The Hall–Kier alpha value is -4.70. The van der Waals surface area contributed by atoms with Gasteiger partial charge in [0, 0.05) is 27.9 Å². The van der Waals surface area contributed by atoms with Crippen LogP contribution in [0, 0.1) is 50.4 Å². The van der Waals surface area contributed by atoms with E-state index in [2.05, 4.69) is 102 Å². The van der Waals surface area contributed by atoms with Crippen LogP contribution in [-0.4, -0.2) is 20.4 Å². The first-order chi connectivity index (χ1) is 26.7. The molecule has 0 spiro atoms. The Labute approximate surface area is 341 Å². The highest BCUT2D eigenvalue weighted by molar-refractivity contribution is 5.61. The fourth-order valence-electron chi connectivity index (χ4n) is 12.0. The Morgan fingerprint density at radius 3 is 1.23 bits per heavy atom. The Bertz CT molecular complexity index is 2160. The molecule has 0 amide bonds. The van der Waals surface area contributed by atoms with Gasteiger partial charge in [-0.2, -0.15) is 0 Å². The average Bonchev–Trinajstić information content (AvgIpc) is 3.12. The molecule has 0 bridgehead atoms. The topological polar surface area (TPSA) is 80.9 Å². The predicted octanol–water partition coefficient (Wildman–Crippen LogP) is 13.2. The normalized spacial score (nSPS) is 24.9. The Balaban J connectivity index is 1.51. The zero-order chi connectivity index (χ0) is 41.2. The van der Waals surface area contributed by atoms with Crippen LogP contribution in [0.15, 0.2) is 91.0 Å². The van der Waals surface area contributed by atoms with Crippen molar-refractivity contribution in [3.63, 3.8) is 0 Å². The van der Waals surface area contributed by atoms with Crippen LogP contribution in [0.1, 0.15) is 147 Å². The van der Waals surface area contributed by atoms with E-state index in [4.69, 9.17) is 0 Å². The quantitative estimate of drug-likeness (QED) is 0.124. The highest BCUT2D eigenvalue weighted by Crippen LogP contribution is 2.58. The number of phenolic OH excluding ortho intramolecular Hbond substituents is 4. The fraction of sp³-hybridized carbons (Fsp3) is 0.434. The fourth-order valence-corrected chi connectivity index (χ4v) is 12.0. The smallest absolute Gasteiger partial charge is 0.122 e. The van der Waals surface area contributed by atoms with Gasteiger partial charge in [0.1, 0.15) is 23.0 Å². The lowest BCUT2D eigenvalue weighted by molar-refractivity contribution is 0.126. The highest BCUT2D eigenvalue weighted by Gasteiger charge is 2.48. The largest absolute Gasteiger partial charge is 0.508 e. The molecule has 4 nitrogen and oxygen atoms in total. The molecule has 0 aliphatic heterocycles. The van der Waals surface area contributed by atoms with Gasteiger partial charge in [-0.05, 0) is 151 Å². The number of aryl methyl sites for hydroxylation is 4. The summed E-state index contributed by atoms with van der Waals surface area (Å²) in [6, 6.07) is 31.4. The molecule has 4 unspecified atom stereocenters. The van der Waals surface area contributed by atoms with E-state index < -0.39 is 5.92 Å². The molecular formula is C53H64O4. The number of rotatable bonds is 7. The van der Waals surface area contributed by atoms with Crippen molar-refractivity contribution in [1.82, 2.24) is 0 Å². The van der Waals surface area contributed by atoms with Gasteiger partial charge in [-0.1, -0.05) is 120 Å². The van der Waals surface area contributed by atoms with E-state index in [1.807, 2.05) is 58.0 Å². The van der Waals surface area contributed by atoms with Crippen LogP contribution < -0.4 is 0 Å². The summed E-state index contributed by atoms with van der Waals surface area (Å²) >= 11 is 0. The van der Waals surface area contributed by atoms with Gasteiger partial charge >= 0.3 is 0 Å². The average molecular weight is 765 g/mol. The number of hydrogen-bond acceptors (Lipinski definition) is 4. The van der Waals surface area contributed by atoms with Crippen molar-refractivity contribution in [3.05, 3.63) is 152 Å². The van der Waals surface area contributed by atoms with Crippen molar-refractivity contribution in [2.45, 2.75) is 125 Å². The van der Waals surface area contributed by atoms with Crippen molar-refractivity contribution >= 4 is 0 Å². The van der Waals surface area contributed by atoms with Gasteiger partial charge in [0.25, 0.3) is 0 Å². The van der Waals surface area contributed by atoms with Gasteiger partial charge < -0.3 is 20.4 Å². The van der Waals surface area contributed by atoms with E-state index in [1.165, 1.54) is 11.1 Å². The molecule has 2 aliphatic carbocycles. The molecule has 4 N–H and O–H groups in total. The number of aromatic hydroxyl groups is 4. The molecule has 2 saturated carbocycles. The Morgan fingerprint density at radius 2 is 0.860 bits per heavy atom. The third-order valence-corrected chi connectivity index (χ3v) is 13.8. The third kappa shape index (κ3) is 7.46. The van der Waals surface area contributed by atoms with E-state index >= 15 is 0 Å². The van der Waals surface area contributed by atoms with Crippen LogP contribution in [0.25, 0.3) is 0 Å². The molecule has 0 heterocycles. The minimum atomic E-state index is -0.469. The number of phenols is 4. The maximum atomic E-state index is 12.3. The lowest BCUT2D eigenvalue weighted by Gasteiger charge is -2.49. The van der Waals surface area contributed by atoms with Crippen molar-refractivity contribution in [1.29, 1.82) is 0 Å². The van der Waals surface area contributed by atoms with E-state index in [0.29, 0.717) is 23.3 Å². The van der Waals surface area contributed by atoms with Gasteiger partial charge in [0.15, 0.2) is 0 Å². The van der Waals surface area contributed by atoms with E-state index in [-0.39, 0.29) is 33.2 Å². The van der Waals surface area contributed by atoms with Gasteiger partial charge in [0.05, 0.1) is 0 Å².